The van der Waals surface area contributed by atoms with E-state index in [1.165, 1.54) is 18.2 Å². The number of carboxylic acid groups (broad SMARTS) is 1. The lowest BCUT2D eigenvalue weighted by Gasteiger charge is -2.19. The third kappa shape index (κ3) is 3.77. The molecule has 3 N–H and O–H groups in total. The van der Waals surface area contributed by atoms with Crippen molar-refractivity contribution in [2.75, 3.05) is 13.1 Å². The molecule has 1 aromatic rings. The van der Waals surface area contributed by atoms with Gasteiger partial charge in [0.05, 0.1) is 6.04 Å². The van der Waals surface area contributed by atoms with Crippen LogP contribution in [0.1, 0.15) is 11.5 Å². The van der Waals surface area contributed by atoms with Crippen LogP contribution < -0.4 is 15.4 Å². The number of halogens is 3. The first kappa shape index (κ1) is 14.4. The van der Waals surface area contributed by atoms with Crippen molar-refractivity contribution >= 4 is 6.09 Å². The number of hydrogen-bond donors (Lipinski definition) is 3. The van der Waals surface area contributed by atoms with E-state index in [1.54, 1.807) is 6.07 Å². The van der Waals surface area contributed by atoms with Crippen LogP contribution in [-0.2, 0) is 0 Å². The summed E-state index contributed by atoms with van der Waals surface area (Å²) in [7, 11) is 0. The van der Waals surface area contributed by atoms with E-state index < -0.39 is 12.5 Å². The average Bonchev–Trinajstić information content (AvgIpc) is 2.74. The Labute approximate surface area is 112 Å². The SMILES string of the molecule is O=C(O)N[C@@H]1CNC[C@H]1c1cccc(OC(F)(F)F)c1. The van der Waals surface area contributed by atoms with Crippen molar-refractivity contribution in [3.8, 4) is 5.75 Å². The fraction of sp³-hybridized carbons (Fsp3) is 0.417. The van der Waals surface area contributed by atoms with Crippen LogP contribution in [0.2, 0.25) is 0 Å². The second-order valence-electron chi connectivity index (χ2n) is 4.44. The van der Waals surface area contributed by atoms with E-state index in [1.807, 2.05) is 0 Å². The Kier molecular flexibility index (Phi) is 4.03. The van der Waals surface area contributed by atoms with Crippen molar-refractivity contribution in [1.82, 2.24) is 10.6 Å². The number of amides is 1. The van der Waals surface area contributed by atoms with Gasteiger partial charge in [-0.05, 0) is 17.7 Å². The zero-order valence-corrected chi connectivity index (χ0v) is 10.3. The minimum Gasteiger partial charge on any atom is -0.465 e. The predicted octanol–water partition coefficient (Wildman–Crippen LogP) is 1.91. The summed E-state index contributed by atoms with van der Waals surface area (Å²) in [5, 5.41) is 14.1. The second-order valence-corrected chi connectivity index (χ2v) is 4.44. The van der Waals surface area contributed by atoms with Crippen LogP contribution in [0.4, 0.5) is 18.0 Å². The molecule has 8 heteroatoms. The molecule has 2 rings (SSSR count). The molecule has 0 radical (unpaired) electrons. The monoisotopic (exact) mass is 290 g/mol. The maximum atomic E-state index is 12.2. The zero-order valence-electron chi connectivity index (χ0n) is 10.3. The molecule has 1 amide bonds. The van der Waals surface area contributed by atoms with Gasteiger partial charge in [0.25, 0.3) is 0 Å². The van der Waals surface area contributed by atoms with Crippen LogP contribution in [-0.4, -0.2) is 36.7 Å². The van der Waals surface area contributed by atoms with Gasteiger partial charge in [-0.25, -0.2) is 4.79 Å². The third-order valence-corrected chi connectivity index (χ3v) is 3.04. The van der Waals surface area contributed by atoms with Gasteiger partial charge >= 0.3 is 12.5 Å². The van der Waals surface area contributed by atoms with E-state index in [4.69, 9.17) is 5.11 Å². The lowest BCUT2D eigenvalue weighted by atomic mass is 9.94. The number of nitrogens with one attached hydrogen (secondary N) is 2. The zero-order chi connectivity index (χ0) is 14.8. The average molecular weight is 290 g/mol. The quantitative estimate of drug-likeness (QED) is 0.795. The van der Waals surface area contributed by atoms with Crippen molar-refractivity contribution in [3.63, 3.8) is 0 Å². The van der Waals surface area contributed by atoms with Gasteiger partial charge in [0.1, 0.15) is 5.75 Å². The summed E-state index contributed by atoms with van der Waals surface area (Å²) in [5.74, 6) is -0.543. The molecule has 0 unspecified atom stereocenters. The first-order valence-corrected chi connectivity index (χ1v) is 5.91. The Morgan fingerprint density at radius 2 is 2.15 bits per heavy atom. The standard InChI is InChI=1S/C12H13F3N2O3/c13-12(14,15)20-8-3-1-2-7(4-8)9-5-16-6-10(9)17-11(18)19/h1-4,9-10,16-17H,5-6H2,(H,18,19)/t9-,10+/m0/s1. The molecular weight excluding hydrogens is 277 g/mol. The van der Waals surface area contributed by atoms with Crippen LogP contribution in [0.3, 0.4) is 0 Å². The molecule has 1 aromatic carbocycles. The number of benzene rings is 1. The molecule has 1 heterocycles. The van der Waals surface area contributed by atoms with Crippen LogP contribution in [0.5, 0.6) is 5.75 Å². The topological polar surface area (TPSA) is 70.6 Å². The molecule has 0 aromatic heterocycles. The minimum atomic E-state index is -4.74. The Hall–Kier alpha value is -1.96. The van der Waals surface area contributed by atoms with Crippen LogP contribution in [0.25, 0.3) is 0 Å². The van der Waals surface area contributed by atoms with Crippen LogP contribution in [0, 0.1) is 0 Å². The highest BCUT2D eigenvalue weighted by molar-refractivity contribution is 5.65. The van der Waals surface area contributed by atoms with Crippen molar-refractivity contribution < 1.29 is 27.8 Å². The molecule has 5 nitrogen and oxygen atoms in total. The van der Waals surface area contributed by atoms with Crippen LogP contribution >= 0.6 is 0 Å². The molecule has 0 saturated carbocycles. The highest BCUT2D eigenvalue weighted by Gasteiger charge is 2.33. The van der Waals surface area contributed by atoms with Crippen molar-refractivity contribution in [2.45, 2.75) is 18.3 Å². The van der Waals surface area contributed by atoms with Gasteiger partial charge in [-0.1, -0.05) is 12.1 Å². The number of alkyl halides is 3. The summed E-state index contributed by atoms with van der Waals surface area (Å²) < 4.78 is 40.4. The second kappa shape index (κ2) is 5.58. The lowest BCUT2D eigenvalue weighted by molar-refractivity contribution is -0.274. The molecule has 2 atom stereocenters. The molecule has 0 bridgehead atoms. The molecule has 20 heavy (non-hydrogen) atoms. The Morgan fingerprint density at radius 3 is 2.80 bits per heavy atom. The summed E-state index contributed by atoms with van der Waals surface area (Å²) in [6.07, 6.45) is -5.91. The molecule has 1 fully saturated rings. The van der Waals surface area contributed by atoms with Gasteiger partial charge in [0, 0.05) is 19.0 Å². The summed E-state index contributed by atoms with van der Waals surface area (Å²) in [4.78, 5) is 10.7. The molecular formula is C12H13F3N2O3. The van der Waals surface area contributed by atoms with Gasteiger partial charge in [0.15, 0.2) is 0 Å². The van der Waals surface area contributed by atoms with Gasteiger partial charge in [-0.15, -0.1) is 13.2 Å². The van der Waals surface area contributed by atoms with E-state index in [0.29, 0.717) is 18.7 Å². The summed E-state index contributed by atoms with van der Waals surface area (Å²) in [5.41, 5.74) is 0.593. The number of rotatable bonds is 3. The van der Waals surface area contributed by atoms with Crippen LogP contribution in [0.15, 0.2) is 24.3 Å². The molecule has 0 spiro atoms. The maximum Gasteiger partial charge on any atom is 0.573 e. The third-order valence-electron chi connectivity index (χ3n) is 3.04. The van der Waals surface area contributed by atoms with Crippen molar-refractivity contribution in [2.24, 2.45) is 0 Å². The first-order chi connectivity index (χ1) is 9.35. The Morgan fingerprint density at radius 1 is 1.40 bits per heavy atom. The van der Waals surface area contributed by atoms with E-state index in [2.05, 4.69) is 15.4 Å². The molecule has 0 aliphatic carbocycles. The van der Waals surface area contributed by atoms with Gasteiger partial charge in [-0.2, -0.15) is 0 Å². The lowest BCUT2D eigenvalue weighted by Crippen LogP contribution is -2.38. The van der Waals surface area contributed by atoms with E-state index in [9.17, 15) is 18.0 Å². The number of ether oxygens (including phenoxy) is 1. The summed E-state index contributed by atoms with van der Waals surface area (Å²) >= 11 is 0. The number of carbonyl (C=O) groups is 1. The molecule has 1 saturated heterocycles. The van der Waals surface area contributed by atoms with Gasteiger partial charge in [0.2, 0.25) is 0 Å². The maximum absolute atomic E-state index is 12.2. The molecule has 1 aliphatic heterocycles. The van der Waals surface area contributed by atoms with Crippen molar-refractivity contribution in [3.05, 3.63) is 29.8 Å². The highest BCUT2D eigenvalue weighted by Crippen LogP contribution is 2.29. The summed E-state index contributed by atoms with van der Waals surface area (Å²) in [6.45, 7) is 0.918. The Balaban J connectivity index is 2.15. The normalized spacial score (nSPS) is 22.6. The van der Waals surface area contributed by atoms with E-state index >= 15 is 0 Å². The fourth-order valence-corrected chi connectivity index (χ4v) is 2.28. The fourth-order valence-electron chi connectivity index (χ4n) is 2.28. The molecule has 1 aliphatic rings. The largest absolute Gasteiger partial charge is 0.573 e. The van der Waals surface area contributed by atoms with E-state index in [0.717, 1.165) is 0 Å². The molecule has 110 valence electrons. The minimum absolute atomic E-state index is 0.233. The number of hydrogen-bond acceptors (Lipinski definition) is 3. The smallest absolute Gasteiger partial charge is 0.465 e. The van der Waals surface area contributed by atoms with E-state index in [-0.39, 0.29) is 17.7 Å². The van der Waals surface area contributed by atoms with Gasteiger partial charge in [-0.3, -0.25) is 0 Å². The first-order valence-electron chi connectivity index (χ1n) is 5.91. The summed E-state index contributed by atoms with van der Waals surface area (Å²) in [6, 6.07) is 5.21. The van der Waals surface area contributed by atoms with Gasteiger partial charge < -0.3 is 20.5 Å². The van der Waals surface area contributed by atoms with Crippen molar-refractivity contribution in [1.29, 1.82) is 0 Å². The Bertz CT molecular complexity index is 493. The highest BCUT2D eigenvalue weighted by atomic mass is 19.4. The predicted molar refractivity (Wildman–Crippen MR) is 63.7 cm³/mol.